The Morgan fingerprint density at radius 3 is 2.23 bits per heavy atom. The van der Waals surface area contributed by atoms with E-state index in [1.165, 1.54) is 0 Å². The largest absolute Gasteiger partial charge is 0.494 e. The molecule has 0 aromatic heterocycles. The summed E-state index contributed by atoms with van der Waals surface area (Å²) in [5.41, 5.74) is 6.83. The fourth-order valence-electron chi connectivity index (χ4n) is 1.03. The third-order valence-electron chi connectivity index (χ3n) is 1.72. The molecule has 1 aromatic rings. The van der Waals surface area contributed by atoms with Gasteiger partial charge in [-0.1, -0.05) is 12.1 Å². The monoisotopic (exact) mass is 201 g/mol. The number of benzene rings is 1. The van der Waals surface area contributed by atoms with Crippen LogP contribution in [0.3, 0.4) is 0 Å². The fourth-order valence-corrected chi connectivity index (χ4v) is 1.03. The zero-order chi connectivity index (χ0) is 8.97. The second-order valence-electron chi connectivity index (χ2n) is 2.79. The van der Waals surface area contributed by atoms with E-state index in [0.29, 0.717) is 6.61 Å². The minimum atomic E-state index is 0. The van der Waals surface area contributed by atoms with Gasteiger partial charge in [0.1, 0.15) is 5.75 Å². The molecule has 1 rings (SSSR count). The van der Waals surface area contributed by atoms with Gasteiger partial charge in [0.2, 0.25) is 0 Å². The zero-order valence-electron chi connectivity index (χ0n) is 7.99. The lowest BCUT2D eigenvalue weighted by Gasteiger charge is -2.06. The molecule has 0 aliphatic rings. The second-order valence-corrected chi connectivity index (χ2v) is 2.79. The third kappa shape index (κ3) is 3.66. The fraction of sp³-hybridized carbons (Fsp3) is 0.400. The zero-order valence-corrected chi connectivity index (χ0v) is 8.80. The highest BCUT2D eigenvalue weighted by Crippen LogP contribution is 2.15. The second kappa shape index (κ2) is 5.84. The first-order chi connectivity index (χ1) is 5.74. The Balaban J connectivity index is 0.00000144. The first-order valence-corrected chi connectivity index (χ1v) is 4.22. The summed E-state index contributed by atoms with van der Waals surface area (Å²) in [5.74, 6) is 0.905. The summed E-state index contributed by atoms with van der Waals surface area (Å²) < 4.78 is 5.30. The predicted molar refractivity (Wildman–Crippen MR) is 57.5 cm³/mol. The molecule has 1 aromatic carbocycles. The molecule has 3 heteroatoms. The van der Waals surface area contributed by atoms with E-state index in [0.717, 1.165) is 11.3 Å². The van der Waals surface area contributed by atoms with E-state index < -0.39 is 0 Å². The highest BCUT2D eigenvalue weighted by atomic mass is 35.5. The molecule has 2 N–H and O–H groups in total. The van der Waals surface area contributed by atoms with Crippen molar-refractivity contribution in [3.63, 3.8) is 0 Å². The summed E-state index contributed by atoms with van der Waals surface area (Å²) in [5, 5.41) is 0. The number of nitrogens with two attached hydrogens (primary N) is 1. The van der Waals surface area contributed by atoms with Crippen LogP contribution in [0.5, 0.6) is 5.75 Å². The number of hydrogen-bond donors (Lipinski definition) is 1. The molecular weight excluding hydrogens is 186 g/mol. The van der Waals surface area contributed by atoms with Gasteiger partial charge in [-0.3, -0.25) is 0 Å². The number of rotatable bonds is 3. The van der Waals surface area contributed by atoms with Crippen LogP contribution < -0.4 is 10.5 Å². The molecule has 0 radical (unpaired) electrons. The lowest BCUT2D eigenvalue weighted by atomic mass is 10.1. The molecule has 2 nitrogen and oxygen atoms in total. The molecule has 0 saturated carbocycles. The van der Waals surface area contributed by atoms with Crippen molar-refractivity contribution in [2.45, 2.75) is 19.9 Å². The Labute approximate surface area is 85.5 Å². The summed E-state index contributed by atoms with van der Waals surface area (Å²) in [7, 11) is 0. The van der Waals surface area contributed by atoms with E-state index in [1.54, 1.807) is 0 Å². The van der Waals surface area contributed by atoms with Crippen molar-refractivity contribution < 1.29 is 4.74 Å². The van der Waals surface area contributed by atoms with Crippen LogP contribution in [0, 0.1) is 0 Å². The Hall–Kier alpha value is -0.730. The molecule has 13 heavy (non-hydrogen) atoms. The van der Waals surface area contributed by atoms with Crippen molar-refractivity contribution in [3.05, 3.63) is 29.8 Å². The highest BCUT2D eigenvalue weighted by molar-refractivity contribution is 5.85. The van der Waals surface area contributed by atoms with E-state index in [-0.39, 0.29) is 18.4 Å². The average Bonchev–Trinajstić information content (AvgIpc) is 2.06. The minimum absolute atomic E-state index is 0. The van der Waals surface area contributed by atoms with Crippen LogP contribution in [-0.4, -0.2) is 6.61 Å². The highest BCUT2D eigenvalue weighted by Gasteiger charge is 1.98. The summed E-state index contributed by atoms with van der Waals surface area (Å²) >= 11 is 0. The summed E-state index contributed by atoms with van der Waals surface area (Å²) in [4.78, 5) is 0. The van der Waals surface area contributed by atoms with Gasteiger partial charge in [-0.2, -0.15) is 0 Å². The Morgan fingerprint density at radius 1 is 1.31 bits per heavy atom. The SMILES string of the molecule is CCOc1ccc([C@@H](C)N)cc1.Cl. The van der Waals surface area contributed by atoms with Crippen LogP contribution in [0.4, 0.5) is 0 Å². The molecule has 0 amide bonds. The summed E-state index contributed by atoms with van der Waals surface area (Å²) in [6, 6.07) is 7.98. The number of hydrogen-bond acceptors (Lipinski definition) is 2. The standard InChI is InChI=1S/C10H15NO.ClH/c1-3-12-10-6-4-9(5-7-10)8(2)11;/h4-8H,3,11H2,1-2H3;1H/t8-;/m1./s1. The van der Waals surface area contributed by atoms with Crippen LogP contribution >= 0.6 is 12.4 Å². The first kappa shape index (κ1) is 12.3. The van der Waals surface area contributed by atoms with Crippen LogP contribution in [0.2, 0.25) is 0 Å². The molecule has 0 fully saturated rings. The van der Waals surface area contributed by atoms with Crippen molar-refractivity contribution in [3.8, 4) is 5.75 Å². The van der Waals surface area contributed by atoms with Crippen molar-refractivity contribution >= 4 is 12.4 Å². The van der Waals surface area contributed by atoms with Gasteiger partial charge in [0.25, 0.3) is 0 Å². The molecule has 74 valence electrons. The average molecular weight is 202 g/mol. The first-order valence-electron chi connectivity index (χ1n) is 4.22. The van der Waals surface area contributed by atoms with E-state index in [1.807, 2.05) is 38.1 Å². The van der Waals surface area contributed by atoms with Crippen molar-refractivity contribution in [2.75, 3.05) is 6.61 Å². The summed E-state index contributed by atoms with van der Waals surface area (Å²) in [6.45, 7) is 4.65. The van der Waals surface area contributed by atoms with Gasteiger partial charge in [0.15, 0.2) is 0 Å². The third-order valence-corrected chi connectivity index (χ3v) is 1.72. The summed E-state index contributed by atoms with van der Waals surface area (Å²) in [6.07, 6.45) is 0. The minimum Gasteiger partial charge on any atom is -0.494 e. The molecule has 0 aliphatic carbocycles. The van der Waals surface area contributed by atoms with Gasteiger partial charge in [-0.25, -0.2) is 0 Å². The van der Waals surface area contributed by atoms with Crippen molar-refractivity contribution in [1.29, 1.82) is 0 Å². The van der Waals surface area contributed by atoms with Crippen LogP contribution in [0.15, 0.2) is 24.3 Å². The molecule has 0 aliphatic heterocycles. The van der Waals surface area contributed by atoms with Gasteiger partial charge >= 0.3 is 0 Å². The van der Waals surface area contributed by atoms with Crippen LogP contribution in [-0.2, 0) is 0 Å². The van der Waals surface area contributed by atoms with Gasteiger partial charge in [-0.15, -0.1) is 12.4 Å². The maximum atomic E-state index is 5.70. The Bertz CT molecular complexity index is 233. The van der Waals surface area contributed by atoms with Gasteiger partial charge in [0, 0.05) is 6.04 Å². The number of halogens is 1. The maximum absolute atomic E-state index is 5.70. The van der Waals surface area contributed by atoms with Crippen LogP contribution in [0.1, 0.15) is 25.5 Å². The lowest BCUT2D eigenvalue weighted by molar-refractivity contribution is 0.340. The quantitative estimate of drug-likeness (QED) is 0.816. The topological polar surface area (TPSA) is 35.2 Å². The molecule has 0 saturated heterocycles. The van der Waals surface area contributed by atoms with E-state index in [4.69, 9.17) is 10.5 Å². The van der Waals surface area contributed by atoms with Gasteiger partial charge < -0.3 is 10.5 Å². The van der Waals surface area contributed by atoms with Gasteiger partial charge in [0.05, 0.1) is 6.61 Å². The lowest BCUT2D eigenvalue weighted by Crippen LogP contribution is -2.04. The molecule has 0 heterocycles. The molecule has 0 spiro atoms. The molecule has 1 atom stereocenters. The van der Waals surface area contributed by atoms with E-state index in [2.05, 4.69) is 0 Å². The Kier molecular flexibility index (Phi) is 5.51. The molecular formula is C10H16ClNO. The predicted octanol–water partition coefficient (Wildman–Crippen LogP) is 2.53. The van der Waals surface area contributed by atoms with E-state index in [9.17, 15) is 0 Å². The number of ether oxygens (including phenoxy) is 1. The Morgan fingerprint density at radius 2 is 1.85 bits per heavy atom. The van der Waals surface area contributed by atoms with Crippen LogP contribution in [0.25, 0.3) is 0 Å². The van der Waals surface area contributed by atoms with Crippen molar-refractivity contribution in [1.82, 2.24) is 0 Å². The smallest absolute Gasteiger partial charge is 0.119 e. The maximum Gasteiger partial charge on any atom is 0.119 e. The normalized spacial score (nSPS) is 11.6. The molecule has 0 bridgehead atoms. The van der Waals surface area contributed by atoms with Gasteiger partial charge in [-0.05, 0) is 31.5 Å². The molecule has 0 unspecified atom stereocenters. The van der Waals surface area contributed by atoms with E-state index >= 15 is 0 Å². The van der Waals surface area contributed by atoms with Crippen molar-refractivity contribution in [2.24, 2.45) is 5.73 Å².